The van der Waals surface area contributed by atoms with Crippen molar-refractivity contribution < 1.29 is 14.3 Å². The molecule has 1 heterocycles. The van der Waals surface area contributed by atoms with Crippen LogP contribution in [0.15, 0.2) is 18.2 Å². The molecule has 5 heteroatoms. The summed E-state index contributed by atoms with van der Waals surface area (Å²) in [5.41, 5.74) is 6.06. The number of rotatable bonds is 4. The molecule has 5 nitrogen and oxygen atoms in total. The van der Waals surface area contributed by atoms with Gasteiger partial charge in [-0.3, -0.25) is 4.79 Å². The molecule has 104 valence electrons. The van der Waals surface area contributed by atoms with Gasteiger partial charge in [0.2, 0.25) is 5.91 Å². The van der Waals surface area contributed by atoms with Crippen LogP contribution in [0.3, 0.4) is 0 Å². The third kappa shape index (κ3) is 3.61. The van der Waals surface area contributed by atoms with Gasteiger partial charge in [-0.05, 0) is 38.0 Å². The molecule has 1 aliphatic heterocycles. The molecule has 0 saturated heterocycles. The molecule has 19 heavy (non-hydrogen) atoms. The first-order chi connectivity index (χ1) is 9.00. The summed E-state index contributed by atoms with van der Waals surface area (Å²) in [6, 6.07) is 5.86. The van der Waals surface area contributed by atoms with Crippen molar-refractivity contribution in [1.82, 2.24) is 5.32 Å². The van der Waals surface area contributed by atoms with Gasteiger partial charge < -0.3 is 20.5 Å². The summed E-state index contributed by atoms with van der Waals surface area (Å²) in [4.78, 5) is 11.4. The average Bonchev–Trinajstić information content (AvgIpc) is 2.37. The van der Waals surface area contributed by atoms with Crippen molar-refractivity contribution in [1.29, 1.82) is 0 Å². The molecule has 1 aromatic rings. The predicted octanol–water partition coefficient (Wildman–Crippen LogP) is 0.854. The van der Waals surface area contributed by atoms with Crippen molar-refractivity contribution in [3.63, 3.8) is 0 Å². The van der Waals surface area contributed by atoms with Crippen molar-refractivity contribution in [3.8, 4) is 11.5 Å². The Kier molecular flexibility index (Phi) is 3.95. The third-order valence-corrected chi connectivity index (χ3v) is 2.92. The van der Waals surface area contributed by atoms with E-state index in [0.29, 0.717) is 19.6 Å². The number of carbonyl (C=O) groups is 1. The van der Waals surface area contributed by atoms with Gasteiger partial charge in [-0.15, -0.1) is 0 Å². The van der Waals surface area contributed by atoms with Gasteiger partial charge in [0.1, 0.15) is 13.2 Å². The molecule has 1 aromatic carbocycles. The molecule has 0 atom stereocenters. The molecular formula is C14H20N2O3. The van der Waals surface area contributed by atoms with Crippen LogP contribution < -0.4 is 20.5 Å². The number of carbonyl (C=O) groups excluding carboxylic acids is 1. The van der Waals surface area contributed by atoms with Crippen molar-refractivity contribution in [2.75, 3.05) is 19.8 Å². The molecule has 0 fully saturated rings. The van der Waals surface area contributed by atoms with Crippen LogP contribution in [0.25, 0.3) is 0 Å². The van der Waals surface area contributed by atoms with Gasteiger partial charge in [-0.1, -0.05) is 6.07 Å². The highest BCUT2D eigenvalue weighted by molar-refractivity contribution is 5.78. The normalized spacial score (nSPS) is 14.1. The molecule has 0 spiro atoms. The highest BCUT2D eigenvalue weighted by atomic mass is 16.6. The van der Waals surface area contributed by atoms with Crippen LogP contribution in [0, 0.1) is 0 Å². The van der Waals surface area contributed by atoms with Crippen LogP contribution >= 0.6 is 0 Å². The minimum Gasteiger partial charge on any atom is -0.486 e. The summed E-state index contributed by atoms with van der Waals surface area (Å²) < 4.78 is 11.0. The fraction of sp³-hybridized carbons (Fsp3) is 0.500. The Balaban J connectivity index is 2.08. The molecule has 3 N–H and O–H groups in total. The standard InChI is InChI=1S/C14H20N2O3/c1-14(2,16-13(17)9-15)8-10-3-4-11-12(7-10)19-6-5-18-11/h3-4,7H,5-6,8-9,15H2,1-2H3,(H,16,17). The number of nitrogens with one attached hydrogen (secondary N) is 1. The first-order valence-electron chi connectivity index (χ1n) is 6.40. The Hall–Kier alpha value is -1.75. The van der Waals surface area contributed by atoms with E-state index in [-0.39, 0.29) is 18.0 Å². The second kappa shape index (κ2) is 5.48. The number of hydrogen-bond acceptors (Lipinski definition) is 4. The molecule has 1 aliphatic rings. The minimum atomic E-state index is -0.347. The summed E-state index contributed by atoms with van der Waals surface area (Å²) in [5, 5.41) is 2.90. The molecule has 0 bridgehead atoms. The lowest BCUT2D eigenvalue weighted by molar-refractivity contribution is -0.121. The van der Waals surface area contributed by atoms with Gasteiger partial charge in [0.15, 0.2) is 11.5 Å². The summed E-state index contributed by atoms with van der Waals surface area (Å²) in [7, 11) is 0. The smallest absolute Gasteiger partial charge is 0.234 e. The Morgan fingerprint density at radius 1 is 1.32 bits per heavy atom. The van der Waals surface area contributed by atoms with E-state index in [4.69, 9.17) is 15.2 Å². The van der Waals surface area contributed by atoms with Crippen LogP contribution in [0.4, 0.5) is 0 Å². The Labute approximate surface area is 113 Å². The van der Waals surface area contributed by atoms with Gasteiger partial charge in [0, 0.05) is 5.54 Å². The Morgan fingerprint density at radius 3 is 2.68 bits per heavy atom. The quantitative estimate of drug-likeness (QED) is 0.845. The summed E-state index contributed by atoms with van der Waals surface area (Å²) in [6.07, 6.45) is 0.704. The number of amides is 1. The number of fused-ring (bicyclic) bond motifs is 1. The van der Waals surface area contributed by atoms with E-state index >= 15 is 0 Å². The molecule has 2 rings (SSSR count). The topological polar surface area (TPSA) is 73.6 Å². The van der Waals surface area contributed by atoms with E-state index in [9.17, 15) is 4.79 Å². The maximum atomic E-state index is 11.4. The van der Waals surface area contributed by atoms with Gasteiger partial charge in [-0.2, -0.15) is 0 Å². The average molecular weight is 264 g/mol. The van der Waals surface area contributed by atoms with Gasteiger partial charge >= 0.3 is 0 Å². The van der Waals surface area contributed by atoms with Crippen LogP contribution in [0.5, 0.6) is 11.5 Å². The number of benzene rings is 1. The van der Waals surface area contributed by atoms with Crippen molar-refractivity contribution >= 4 is 5.91 Å². The maximum absolute atomic E-state index is 11.4. The van der Waals surface area contributed by atoms with E-state index in [0.717, 1.165) is 17.1 Å². The van der Waals surface area contributed by atoms with Crippen LogP contribution in [0.1, 0.15) is 19.4 Å². The zero-order valence-electron chi connectivity index (χ0n) is 11.4. The second-order valence-electron chi connectivity index (χ2n) is 5.29. The van der Waals surface area contributed by atoms with Crippen LogP contribution in [-0.4, -0.2) is 31.2 Å². The van der Waals surface area contributed by atoms with E-state index < -0.39 is 0 Å². The van der Waals surface area contributed by atoms with Gasteiger partial charge in [0.05, 0.1) is 6.54 Å². The fourth-order valence-electron chi connectivity index (χ4n) is 2.18. The van der Waals surface area contributed by atoms with E-state index in [1.165, 1.54) is 0 Å². The zero-order chi connectivity index (χ0) is 13.9. The molecule has 1 amide bonds. The number of nitrogens with two attached hydrogens (primary N) is 1. The second-order valence-corrected chi connectivity index (χ2v) is 5.29. The first-order valence-corrected chi connectivity index (χ1v) is 6.40. The molecular weight excluding hydrogens is 244 g/mol. The molecule has 0 saturated carbocycles. The predicted molar refractivity (Wildman–Crippen MR) is 72.4 cm³/mol. The number of hydrogen-bond donors (Lipinski definition) is 2. The summed E-state index contributed by atoms with van der Waals surface area (Å²) >= 11 is 0. The first kappa shape index (κ1) is 13.7. The Bertz CT molecular complexity index is 472. The lowest BCUT2D eigenvalue weighted by Crippen LogP contribution is -2.47. The highest BCUT2D eigenvalue weighted by Crippen LogP contribution is 2.31. The molecule has 0 aromatic heterocycles. The summed E-state index contributed by atoms with van der Waals surface area (Å²) in [5.74, 6) is 1.39. The molecule has 0 unspecified atom stereocenters. The molecule has 0 aliphatic carbocycles. The molecule has 0 radical (unpaired) electrons. The maximum Gasteiger partial charge on any atom is 0.234 e. The largest absolute Gasteiger partial charge is 0.486 e. The monoisotopic (exact) mass is 264 g/mol. The van der Waals surface area contributed by atoms with E-state index in [2.05, 4.69) is 5.32 Å². The van der Waals surface area contributed by atoms with E-state index in [1.807, 2.05) is 32.0 Å². The Morgan fingerprint density at radius 2 is 2.00 bits per heavy atom. The van der Waals surface area contributed by atoms with Crippen LogP contribution in [-0.2, 0) is 11.2 Å². The minimum absolute atomic E-state index is 0.00453. The van der Waals surface area contributed by atoms with Crippen molar-refractivity contribution in [3.05, 3.63) is 23.8 Å². The lowest BCUT2D eigenvalue weighted by Gasteiger charge is -2.27. The van der Waals surface area contributed by atoms with Crippen LogP contribution in [0.2, 0.25) is 0 Å². The van der Waals surface area contributed by atoms with Gasteiger partial charge in [0.25, 0.3) is 0 Å². The zero-order valence-corrected chi connectivity index (χ0v) is 11.4. The lowest BCUT2D eigenvalue weighted by atomic mass is 9.94. The van der Waals surface area contributed by atoms with Gasteiger partial charge in [-0.25, -0.2) is 0 Å². The number of ether oxygens (including phenoxy) is 2. The van der Waals surface area contributed by atoms with E-state index in [1.54, 1.807) is 0 Å². The third-order valence-electron chi connectivity index (χ3n) is 2.92. The van der Waals surface area contributed by atoms with Crippen molar-refractivity contribution in [2.45, 2.75) is 25.8 Å². The SMILES string of the molecule is CC(C)(Cc1ccc2c(c1)OCCO2)NC(=O)CN. The summed E-state index contributed by atoms with van der Waals surface area (Å²) in [6.45, 7) is 5.10. The highest BCUT2D eigenvalue weighted by Gasteiger charge is 2.21. The van der Waals surface area contributed by atoms with Crippen molar-refractivity contribution in [2.24, 2.45) is 5.73 Å². The fourth-order valence-corrected chi connectivity index (χ4v) is 2.18.